The molecule has 0 aliphatic carbocycles. The number of nitrogens with one attached hydrogen (secondary N) is 1. The van der Waals surface area contributed by atoms with Crippen LogP contribution in [0, 0.1) is 0 Å². The average Bonchev–Trinajstić information content (AvgIpc) is 2.73. The molecule has 3 aromatic rings. The standard InChI is InChI=1S/C13H11ClN4/c14-9-6-10(15)13-11(7-9)17-12(18-13)5-8-1-3-16-4-2-8/h1-4,6-7H,5,15H2,(H,17,18). The number of halogens is 1. The normalized spacial score (nSPS) is 10.9. The second kappa shape index (κ2) is 4.31. The molecule has 2 aromatic heterocycles. The van der Waals surface area contributed by atoms with E-state index in [2.05, 4.69) is 15.0 Å². The van der Waals surface area contributed by atoms with Crippen molar-refractivity contribution in [1.29, 1.82) is 0 Å². The van der Waals surface area contributed by atoms with Gasteiger partial charge in [-0.2, -0.15) is 0 Å². The number of nitrogens with zero attached hydrogens (tertiary/aromatic N) is 2. The highest BCUT2D eigenvalue weighted by Gasteiger charge is 2.07. The highest BCUT2D eigenvalue weighted by Crippen LogP contribution is 2.24. The van der Waals surface area contributed by atoms with Crippen LogP contribution in [0.1, 0.15) is 11.4 Å². The van der Waals surface area contributed by atoms with Crippen molar-refractivity contribution >= 4 is 28.3 Å². The van der Waals surface area contributed by atoms with Gasteiger partial charge in [-0.1, -0.05) is 11.6 Å². The predicted molar refractivity (Wildman–Crippen MR) is 72.6 cm³/mol. The molecule has 18 heavy (non-hydrogen) atoms. The number of fused-ring (bicyclic) bond motifs is 1. The summed E-state index contributed by atoms with van der Waals surface area (Å²) in [4.78, 5) is 11.7. The first kappa shape index (κ1) is 11.0. The van der Waals surface area contributed by atoms with Crippen molar-refractivity contribution < 1.29 is 0 Å². The first-order valence-electron chi connectivity index (χ1n) is 5.55. The number of H-pyrrole nitrogens is 1. The molecule has 90 valence electrons. The number of rotatable bonds is 2. The lowest BCUT2D eigenvalue weighted by atomic mass is 10.2. The molecule has 0 radical (unpaired) electrons. The maximum atomic E-state index is 5.96. The van der Waals surface area contributed by atoms with Gasteiger partial charge in [-0.25, -0.2) is 4.98 Å². The number of nitrogens with two attached hydrogens (primary N) is 1. The van der Waals surface area contributed by atoms with E-state index in [-0.39, 0.29) is 0 Å². The van der Waals surface area contributed by atoms with E-state index in [0.29, 0.717) is 17.1 Å². The molecule has 2 heterocycles. The molecule has 0 unspecified atom stereocenters. The molecular formula is C13H11ClN4. The Labute approximate surface area is 109 Å². The lowest BCUT2D eigenvalue weighted by Crippen LogP contribution is -1.90. The van der Waals surface area contributed by atoms with Crippen LogP contribution >= 0.6 is 11.6 Å². The van der Waals surface area contributed by atoms with Crippen LogP contribution in [0.25, 0.3) is 11.0 Å². The van der Waals surface area contributed by atoms with Crippen molar-refractivity contribution in [2.75, 3.05) is 5.73 Å². The Hall–Kier alpha value is -2.07. The Bertz CT molecular complexity index is 691. The highest BCUT2D eigenvalue weighted by atomic mass is 35.5. The molecule has 3 N–H and O–H groups in total. The molecule has 0 aliphatic rings. The van der Waals surface area contributed by atoms with E-state index in [1.165, 1.54) is 0 Å². The molecular weight excluding hydrogens is 248 g/mol. The van der Waals surface area contributed by atoms with Gasteiger partial charge in [0.1, 0.15) is 11.3 Å². The third-order valence-electron chi connectivity index (χ3n) is 2.75. The number of pyridine rings is 1. The van der Waals surface area contributed by atoms with Crippen molar-refractivity contribution in [2.45, 2.75) is 6.42 Å². The van der Waals surface area contributed by atoms with Crippen LogP contribution < -0.4 is 5.73 Å². The van der Waals surface area contributed by atoms with E-state index in [1.54, 1.807) is 18.5 Å². The second-order valence-electron chi connectivity index (χ2n) is 4.11. The molecule has 0 bridgehead atoms. The molecule has 5 heteroatoms. The first-order chi connectivity index (χ1) is 8.72. The minimum absolute atomic E-state index is 0.592. The Morgan fingerprint density at radius 3 is 2.78 bits per heavy atom. The molecule has 0 atom stereocenters. The summed E-state index contributed by atoms with van der Waals surface area (Å²) in [5.74, 6) is 0.866. The lowest BCUT2D eigenvalue weighted by molar-refractivity contribution is 1.03. The largest absolute Gasteiger partial charge is 0.397 e. The Morgan fingerprint density at radius 2 is 2.00 bits per heavy atom. The van der Waals surface area contributed by atoms with Crippen molar-refractivity contribution in [3.8, 4) is 0 Å². The molecule has 0 saturated heterocycles. The molecule has 4 nitrogen and oxygen atoms in total. The third-order valence-corrected chi connectivity index (χ3v) is 2.97. The van der Waals surface area contributed by atoms with Gasteiger partial charge in [-0.3, -0.25) is 4.98 Å². The van der Waals surface area contributed by atoms with E-state index in [1.807, 2.05) is 18.2 Å². The molecule has 0 fully saturated rings. The molecule has 1 aromatic carbocycles. The van der Waals surface area contributed by atoms with Gasteiger partial charge in [0.2, 0.25) is 0 Å². The number of anilines is 1. The number of aromatic amines is 1. The average molecular weight is 259 g/mol. The lowest BCUT2D eigenvalue weighted by Gasteiger charge is -1.95. The number of hydrogen-bond donors (Lipinski definition) is 2. The van der Waals surface area contributed by atoms with E-state index >= 15 is 0 Å². The van der Waals surface area contributed by atoms with E-state index in [9.17, 15) is 0 Å². The van der Waals surface area contributed by atoms with Crippen LogP contribution in [0.4, 0.5) is 5.69 Å². The van der Waals surface area contributed by atoms with E-state index < -0.39 is 0 Å². The van der Waals surface area contributed by atoms with Crippen LogP contribution in [0.15, 0.2) is 36.7 Å². The maximum Gasteiger partial charge on any atom is 0.112 e. The zero-order chi connectivity index (χ0) is 12.5. The molecule has 3 rings (SSSR count). The molecule has 0 amide bonds. The van der Waals surface area contributed by atoms with Gasteiger partial charge in [0.15, 0.2) is 0 Å². The Morgan fingerprint density at radius 1 is 1.22 bits per heavy atom. The summed E-state index contributed by atoms with van der Waals surface area (Å²) < 4.78 is 0. The van der Waals surface area contributed by atoms with Crippen LogP contribution in [-0.2, 0) is 6.42 Å². The quantitative estimate of drug-likeness (QED) is 0.695. The van der Waals surface area contributed by atoms with Crippen molar-refractivity contribution in [3.63, 3.8) is 0 Å². The second-order valence-corrected chi connectivity index (χ2v) is 4.54. The summed E-state index contributed by atoms with van der Waals surface area (Å²) in [6, 6.07) is 7.46. The van der Waals surface area contributed by atoms with Gasteiger partial charge in [0.05, 0.1) is 11.2 Å². The number of hydrogen-bond acceptors (Lipinski definition) is 3. The van der Waals surface area contributed by atoms with Crippen LogP contribution in [0.5, 0.6) is 0 Å². The van der Waals surface area contributed by atoms with Crippen LogP contribution in [0.3, 0.4) is 0 Å². The fourth-order valence-corrected chi connectivity index (χ4v) is 2.16. The van der Waals surface area contributed by atoms with Crippen LogP contribution in [0.2, 0.25) is 5.02 Å². The molecule has 0 saturated carbocycles. The van der Waals surface area contributed by atoms with Gasteiger partial charge in [0.25, 0.3) is 0 Å². The number of imidazole rings is 1. The number of nitrogen functional groups attached to an aromatic ring is 1. The summed E-state index contributed by atoms with van der Waals surface area (Å²) in [6.07, 6.45) is 4.25. The highest BCUT2D eigenvalue weighted by molar-refractivity contribution is 6.31. The topological polar surface area (TPSA) is 67.6 Å². The van der Waals surface area contributed by atoms with E-state index in [4.69, 9.17) is 17.3 Å². The fraction of sp³-hybridized carbons (Fsp3) is 0.0769. The number of aromatic nitrogens is 3. The third kappa shape index (κ3) is 2.02. The maximum absolute atomic E-state index is 5.96. The van der Waals surface area contributed by atoms with Gasteiger partial charge in [0, 0.05) is 23.8 Å². The zero-order valence-corrected chi connectivity index (χ0v) is 10.3. The number of benzene rings is 1. The summed E-state index contributed by atoms with van der Waals surface area (Å²) in [5.41, 5.74) is 9.26. The summed E-state index contributed by atoms with van der Waals surface area (Å²) >= 11 is 5.96. The Balaban J connectivity index is 2.01. The molecule has 0 spiro atoms. The van der Waals surface area contributed by atoms with Crippen LogP contribution in [-0.4, -0.2) is 15.0 Å². The minimum Gasteiger partial charge on any atom is -0.397 e. The van der Waals surface area contributed by atoms with Gasteiger partial charge >= 0.3 is 0 Å². The predicted octanol–water partition coefficient (Wildman–Crippen LogP) is 2.78. The molecule has 0 aliphatic heterocycles. The van der Waals surface area contributed by atoms with Gasteiger partial charge in [-0.05, 0) is 29.8 Å². The van der Waals surface area contributed by atoms with E-state index in [0.717, 1.165) is 22.4 Å². The van der Waals surface area contributed by atoms with Crippen molar-refractivity contribution in [3.05, 3.63) is 53.1 Å². The smallest absolute Gasteiger partial charge is 0.112 e. The zero-order valence-electron chi connectivity index (χ0n) is 9.52. The monoisotopic (exact) mass is 258 g/mol. The summed E-state index contributed by atoms with van der Waals surface area (Å²) in [7, 11) is 0. The van der Waals surface area contributed by atoms with Crippen molar-refractivity contribution in [1.82, 2.24) is 15.0 Å². The summed E-state index contributed by atoms with van der Waals surface area (Å²) in [6.45, 7) is 0. The minimum atomic E-state index is 0.592. The fourth-order valence-electron chi connectivity index (χ4n) is 1.94. The van der Waals surface area contributed by atoms with Gasteiger partial charge in [-0.15, -0.1) is 0 Å². The Kier molecular flexibility index (Phi) is 2.64. The van der Waals surface area contributed by atoms with Gasteiger partial charge < -0.3 is 10.7 Å². The first-order valence-corrected chi connectivity index (χ1v) is 5.93. The van der Waals surface area contributed by atoms with Crippen molar-refractivity contribution in [2.24, 2.45) is 0 Å². The summed E-state index contributed by atoms with van der Waals surface area (Å²) in [5, 5.41) is 0.610. The SMILES string of the molecule is Nc1cc(Cl)cc2[nH]c(Cc3ccncc3)nc12.